The van der Waals surface area contributed by atoms with Crippen molar-refractivity contribution in [1.29, 1.82) is 0 Å². The molecule has 1 heterocycles. The molecule has 1 saturated heterocycles. The third-order valence-electron chi connectivity index (χ3n) is 5.56. The number of para-hydroxylation sites is 1. The number of carbonyl (C=O) groups is 3. The van der Waals surface area contributed by atoms with E-state index < -0.39 is 23.5 Å². The minimum atomic E-state index is -0.771. The Morgan fingerprint density at radius 1 is 1.12 bits per heavy atom. The molecule has 32 heavy (non-hydrogen) atoms. The largest absolute Gasteiger partial charge is 0.443 e. The zero-order chi connectivity index (χ0) is 23.5. The van der Waals surface area contributed by atoms with Crippen LogP contribution in [0.4, 0.5) is 10.5 Å². The fourth-order valence-electron chi connectivity index (χ4n) is 4.18. The summed E-state index contributed by atoms with van der Waals surface area (Å²) >= 11 is 0. The quantitative estimate of drug-likeness (QED) is 0.434. The number of rotatable bonds is 7. The summed E-state index contributed by atoms with van der Waals surface area (Å²) in [6.07, 6.45) is 7.35. The molecule has 0 bridgehead atoms. The summed E-state index contributed by atoms with van der Waals surface area (Å²) in [6, 6.07) is 8.94. The summed E-state index contributed by atoms with van der Waals surface area (Å²) in [7, 11) is 0. The smallest absolute Gasteiger partial charge is 0.414 e. The van der Waals surface area contributed by atoms with Crippen LogP contribution in [0, 0.1) is 11.8 Å². The van der Waals surface area contributed by atoms with Gasteiger partial charge in [0, 0.05) is 12.2 Å². The Morgan fingerprint density at radius 3 is 2.38 bits per heavy atom. The van der Waals surface area contributed by atoms with Gasteiger partial charge in [-0.1, -0.05) is 49.3 Å². The standard InChI is InChI=1S/C26H32N2O4/c1-6-8-12-18-15-16-20(27(17-7-2)25(31)32-26(3,4)5)22-21(18)23(29)28(24(22)30)19-13-10-9-11-14-19/h7,9-11,13-16,21-22H,2,6,8,12,17H2,1,3-5H3/t21-,22+/m0/s1. The van der Waals surface area contributed by atoms with Crippen LogP contribution in [0.3, 0.4) is 0 Å². The lowest BCUT2D eigenvalue weighted by atomic mass is 9.79. The number of amides is 3. The lowest BCUT2D eigenvalue weighted by Gasteiger charge is -2.33. The summed E-state index contributed by atoms with van der Waals surface area (Å²) in [5.41, 5.74) is 1.25. The van der Waals surface area contributed by atoms with Crippen molar-refractivity contribution in [1.82, 2.24) is 4.90 Å². The van der Waals surface area contributed by atoms with E-state index in [0.717, 1.165) is 24.8 Å². The lowest BCUT2D eigenvalue weighted by Crippen LogP contribution is -2.41. The zero-order valence-corrected chi connectivity index (χ0v) is 19.3. The van der Waals surface area contributed by atoms with Gasteiger partial charge in [-0.15, -0.1) is 6.58 Å². The van der Waals surface area contributed by atoms with Crippen molar-refractivity contribution in [3.63, 3.8) is 0 Å². The summed E-state index contributed by atoms with van der Waals surface area (Å²) in [4.78, 5) is 42.9. The van der Waals surface area contributed by atoms with Gasteiger partial charge >= 0.3 is 6.09 Å². The van der Waals surface area contributed by atoms with Crippen molar-refractivity contribution in [2.24, 2.45) is 11.8 Å². The van der Waals surface area contributed by atoms with E-state index in [9.17, 15) is 14.4 Å². The van der Waals surface area contributed by atoms with Gasteiger partial charge in [0.25, 0.3) is 0 Å². The topological polar surface area (TPSA) is 66.9 Å². The van der Waals surface area contributed by atoms with Crippen LogP contribution < -0.4 is 4.90 Å². The minimum Gasteiger partial charge on any atom is -0.443 e. The Balaban J connectivity index is 2.06. The molecule has 0 spiro atoms. The summed E-state index contributed by atoms with van der Waals surface area (Å²) in [5.74, 6) is -1.96. The van der Waals surface area contributed by atoms with Crippen LogP contribution >= 0.6 is 0 Å². The Kier molecular flexibility index (Phi) is 7.02. The van der Waals surface area contributed by atoms with Crippen molar-refractivity contribution in [2.45, 2.75) is 52.6 Å². The van der Waals surface area contributed by atoms with Gasteiger partial charge in [-0.2, -0.15) is 0 Å². The summed E-state index contributed by atoms with van der Waals surface area (Å²) in [6.45, 7) is 11.4. The molecule has 0 saturated carbocycles. The third-order valence-corrected chi connectivity index (χ3v) is 5.56. The van der Waals surface area contributed by atoms with Crippen molar-refractivity contribution in [3.05, 3.63) is 66.4 Å². The zero-order valence-electron chi connectivity index (χ0n) is 19.3. The van der Waals surface area contributed by atoms with Crippen molar-refractivity contribution in [2.75, 3.05) is 11.4 Å². The molecular formula is C26H32N2O4. The Labute approximate surface area is 190 Å². The molecule has 2 aliphatic rings. The van der Waals surface area contributed by atoms with Gasteiger partial charge < -0.3 is 4.74 Å². The highest BCUT2D eigenvalue weighted by Crippen LogP contribution is 2.44. The molecule has 1 aromatic carbocycles. The maximum atomic E-state index is 13.6. The van der Waals surface area contributed by atoms with Gasteiger partial charge in [-0.3, -0.25) is 14.5 Å². The van der Waals surface area contributed by atoms with Crippen LogP contribution in [0.15, 0.2) is 66.4 Å². The fourth-order valence-corrected chi connectivity index (χ4v) is 4.18. The van der Waals surface area contributed by atoms with Crippen molar-refractivity contribution >= 4 is 23.6 Å². The number of ether oxygens (including phenoxy) is 1. The molecule has 6 heteroatoms. The predicted molar refractivity (Wildman–Crippen MR) is 125 cm³/mol. The second-order valence-corrected chi connectivity index (χ2v) is 9.12. The van der Waals surface area contributed by atoms with Gasteiger partial charge in [0.1, 0.15) is 5.60 Å². The number of fused-ring (bicyclic) bond motifs is 1. The maximum Gasteiger partial charge on any atom is 0.414 e. The normalized spacial score (nSPS) is 20.4. The number of hydrogen-bond donors (Lipinski definition) is 0. The molecule has 3 rings (SSSR count). The van der Waals surface area contributed by atoms with Crippen molar-refractivity contribution in [3.8, 4) is 0 Å². The fraction of sp³-hybridized carbons (Fsp3) is 0.423. The van der Waals surface area contributed by atoms with Gasteiger partial charge in [-0.25, -0.2) is 9.69 Å². The van der Waals surface area contributed by atoms with Crippen LogP contribution in [0.5, 0.6) is 0 Å². The monoisotopic (exact) mass is 436 g/mol. The highest BCUT2D eigenvalue weighted by Gasteiger charge is 2.53. The first-order valence-electron chi connectivity index (χ1n) is 11.1. The van der Waals surface area contributed by atoms with Crippen molar-refractivity contribution < 1.29 is 19.1 Å². The van der Waals surface area contributed by atoms with E-state index in [4.69, 9.17) is 4.74 Å². The lowest BCUT2D eigenvalue weighted by molar-refractivity contribution is -0.122. The molecule has 1 aliphatic heterocycles. The van der Waals surface area contributed by atoms with E-state index in [1.807, 2.05) is 12.1 Å². The van der Waals surface area contributed by atoms with E-state index >= 15 is 0 Å². The average molecular weight is 437 g/mol. The molecule has 1 aliphatic carbocycles. The molecule has 6 nitrogen and oxygen atoms in total. The van der Waals surface area contributed by atoms with Crippen LogP contribution in [-0.4, -0.2) is 35.0 Å². The molecule has 0 unspecified atom stereocenters. The molecular weight excluding hydrogens is 404 g/mol. The Bertz CT molecular complexity index is 956. The van der Waals surface area contributed by atoms with Gasteiger partial charge in [0.2, 0.25) is 11.8 Å². The molecule has 3 amide bonds. The molecule has 0 radical (unpaired) electrons. The third kappa shape index (κ3) is 4.69. The maximum absolute atomic E-state index is 13.6. The highest BCUT2D eigenvalue weighted by atomic mass is 16.6. The van der Waals surface area contributed by atoms with Crippen LogP contribution in [0.2, 0.25) is 0 Å². The SMILES string of the molecule is C=CCN(C(=O)OC(C)(C)C)C1=CC=C(CCCC)[C@@H]2C(=O)N(c3ccccc3)C(=O)[C@H]12. The van der Waals surface area contributed by atoms with E-state index in [1.54, 1.807) is 57.2 Å². The number of unbranched alkanes of at least 4 members (excludes halogenated alkanes) is 1. The average Bonchev–Trinajstić information content (AvgIpc) is 3.01. The minimum absolute atomic E-state index is 0.176. The first kappa shape index (κ1) is 23.5. The predicted octanol–water partition coefficient (Wildman–Crippen LogP) is 5.23. The van der Waals surface area contributed by atoms with E-state index in [0.29, 0.717) is 11.4 Å². The summed E-state index contributed by atoms with van der Waals surface area (Å²) in [5, 5.41) is 0. The highest BCUT2D eigenvalue weighted by molar-refractivity contribution is 6.24. The molecule has 1 fully saturated rings. The second-order valence-electron chi connectivity index (χ2n) is 9.12. The number of imide groups is 1. The van der Waals surface area contributed by atoms with Gasteiger partial charge in [0.15, 0.2) is 0 Å². The number of nitrogens with zero attached hydrogens (tertiary/aromatic N) is 2. The first-order chi connectivity index (χ1) is 15.2. The summed E-state index contributed by atoms with van der Waals surface area (Å²) < 4.78 is 5.59. The van der Waals surface area contributed by atoms with E-state index in [2.05, 4.69) is 13.5 Å². The number of benzene rings is 1. The first-order valence-corrected chi connectivity index (χ1v) is 11.1. The van der Waals surface area contributed by atoms with Crippen LogP contribution in [0.25, 0.3) is 0 Å². The van der Waals surface area contributed by atoms with Crippen LogP contribution in [0.1, 0.15) is 47.0 Å². The van der Waals surface area contributed by atoms with Crippen LogP contribution in [-0.2, 0) is 14.3 Å². The molecule has 1 aromatic rings. The number of anilines is 1. The van der Waals surface area contributed by atoms with Gasteiger partial charge in [-0.05, 0) is 51.8 Å². The number of allylic oxidation sites excluding steroid dienone is 2. The number of carbonyl (C=O) groups excluding carboxylic acids is 3. The van der Waals surface area contributed by atoms with E-state index in [-0.39, 0.29) is 18.4 Å². The Morgan fingerprint density at radius 2 is 1.78 bits per heavy atom. The molecule has 0 N–H and O–H groups in total. The number of hydrogen-bond acceptors (Lipinski definition) is 4. The second kappa shape index (κ2) is 9.55. The Hall–Kier alpha value is -3.15. The van der Waals surface area contributed by atoms with Gasteiger partial charge in [0.05, 0.1) is 17.5 Å². The molecule has 0 aromatic heterocycles. The van der Waals surface area contributed by atoms with E-state index in [1.165, 1.54) is 9.80 Å². The molecule has 2 atom stereocenters. The molecule has 170 valence electrons.